The standard InChI is InChI=1S/C51H63N20O32P5/c1-22-8-69(51(80)64-44(22)74)37-7-29(103-107(87,88)93-13-30-27(73)5-35(99-30)70-18-58-38-26(70)4-33(52)59-46(38)76)32(101-37)15-94-108(89,90)102-28-6-36(68-3-2-25-41(54)56-17-57-42(25)68)100-31(28)14-92-105(83,84)96-20-67-10-24(40(53)61-49(67)78)12-91-104(81,82)98-21-71-34(60-39-43(71)62-48(55)63-47(39)77)16-95-106(85,86)97-19-66-9-23(11-72)45(75)65-50(66)79/h2-4,8-10,17-18,27-32,35-37,72-73H,5-7,11-16,19-21H2,1H3,(H,81,82)(H,83,84)(H,85,86)(H,87,88)(H,89,90)(H3,52,59,76)(H2,53,61,78)(H2,54,56,57)(H,64,74,80)(H,65,75,79)(H3,55,62,63,77). The predicted molar refractivity (Wildman–Crippen MR) is 357 cm³/mol. The number of phosphoric acid groups is 5. The molecule has 9 aromatic rings. The lowest BCUT2D eigenvalue weighted by Crippen LogP contribution is -2.33. The van der Waals surface area contributed by atoms with Gasteiger partial charge in [-0.3, -0.25) is 97.6 Å². The van der Waals surface area contributed by atoms with E-state index in [0.717, 1.165) is 34.1 Å². The Bertz CT molecular complexity index is 5640. The van der Waals surface area contributed by atoms with E-state index >= 15 is 0 Å². The maximum absolute atomic E-state index is 14.1. The topological polar surface area (TPSA) is 741 Å². The highest BCUT2D eigenvalue weighted by Gasteiger charge is 2.48. The molecule has 0 saturated carbocycles. The number of ether oxygens (including phenoxy) is 3. The highest BCUT2D eigenvalue weighted by Crippen LogP contribution is 2.54. The Kier molecular flexibility index (Phi) is 22.8. The molecule has 14 unspecified atom stereocenters. The Labute approximate surface area is 597 Å². The molecule has 0 amide bonds. The van der Waals surface area contributed by atoms with Gasteiger partial charge in [0.15, 0.2) is 16.7 Å². The number of phosphoric ester groups is 5. The fourth-order valence-electron chi connectivity index (χ4n) is 11.2. The molecular weight excluding hydrogens is 1560 g/mol. The Balaban J connectivity index is 0.689. The van der Waals surface area contributed by atoms with Crippen molar-refractivity contribution in [2.45, 2.75) is 122 Å². The van der Waals surface area contributed by atoms with Crippen molar-refractivity contribution in [1.82, 2.24) is 77.2 Å². The van der Waals surface area contributed by atoms with Gasteiger partial charge < -0.3 is 85.9 Å². The molecule has 0 radical (unpaired) electrons. The van der Waals surface area contributed by atoms with Gasteiger partial charge in [0.25, 0.3) is 22.2 Å². The van der Waals surface area contributed by atoms with Crippen LogP contribution in [0.15, 0.2) is 83.1 Å². The maximum atomic E-state index is 14.1. The van der Waals surface area contributed by atoms with Gasteiger partial charge in [-0.25, -0.2) is 57.1 Å². The second-order valence-electron chi connectivity index (χ2n) is 23.7. The number of nitrogens with zero attached hydrogens (tertiary/aromatic N) is 12. The summed E-state index contributed by atoms with van der Waals surface area (Å²) in [7, 11) is -26.7. The molecule has 19 N–H and O–H groups in total. The Hall–Kier alpha value is -8.82. The molecule has 584 valence electrons. The molecule has 3 aliphatic heterocycles. The van der Waals surface area contributed by atoms with Gasteiger partial charge in [0, 0.05) is 61.2 Å². The fraction of sp³-hybridized carbons (Fsp3) is 0.431. The van der Waals surface area contributed by atoms with Crippen LogP contribution in [0.25, 0.3) is 33.2 Å². The van der Waals surface area contributed by atoms with Crippen molar-refractivity contribution in [2.24, 2.45) is 0 Å². The summed E-state index contributed by atoms with van der Waals surface area (Å²) in [6.45, 7) is -7.69. The number of nitrogen functional groups attached to an aromatic ring is 4. The number of imidazole rings is 2. The molecule has 3 fully saturated rings. The predicted octanol–water partition coefficient (Wildman–Crippen LogP) is -2.71. The van der Waals surface area contributed by atoms with E-state index in [1.165, 1.54) is 40.7 Å². The van der Waals surface area contributed by atoms with E-state index in [0.29, 0.717) is 14.5 Å². The molecule has 0 aliphatic carbocycles. The number of hydrogen-bond acceptors (Lipinski definition) is 37. The van der Waals surface area contributed by atoms with Crippen LogP contribution in [0.1, 0.15) is 60.5 Å². The quantitative estimate of drug-likeness (QED) is 0.0191. The minimum atomic E-state index is -5.48. The molecule has 12 rings (SSSR count). The second-order valence-corrected chi connectivity index (χ2v) is 30.8. The van der Waals surface area contributed by atoms with Crippen molar-refractivity contribution >= 4 is 95.7 Å². The summed E-state index contributed by atoms with van der Waals surface area (Å²) in [4.78, 5) is 175. The molecule has 52 nitrogen and oxygen atoms in total. The second kappa shape index (κ2) is 31.3. The van der Waals surface area contributed by atoms with Crippen molar-refractivity contribution in [3.63, 3.8) is 0 Å². The summed E-state index contributed by atoms with van der Waals surface area (Å²) in [6, 6.07) is 2.92. The monoisotopic (exact) mass is 1620 g/mol. The number of hydrogen-bond donors (Lipinski definition) is 15. The van der Waals surface area contributed by atoms with E-state index in [9.17, 15) is 91.1 Å². The molecule has 0 aromatic carbocycles. The molecule has 108 heavy (non-hydrogen) atoms. The van der Waals surface area contributed by atoms with Gasteiger partial charge in [0.2, 0.25) is 5.95 Å². The van der Waals surface area contributed by atoms with Crippen molar-refractivity contribution in [2.75, 3.05) is 42.8 Å². The molecule has 57 heteroatoms. The molecule has 14 atom stereocenters. The first-order valence-corrected chi connectivity index (χ1v) is 38.5. The molecular formula is C51H63N20O32P5. The van der Waals surface area contributed by atoms with E-state index in [1.807, 2.05) is 4.98 Å². The minimum Gasteiger partial charge on any atom is -0.391 e. The minimum absolute atomic E-state index is 0.00373. The van der Waals surface area contributed by atoms with Crippen molar-refractivity contribution in [1.29, 1.82) is 0 Å². The van der Waals surface area contributed by atoms with Crippen LogP contribution in [0.5, 0.6) is 0 Å². The number of rotatable bonds is 32. The smallest absolute Gasteiger partial charge is 0.391 e. The van der Waals surface area contributed by atoms with Gasteiger partial charge >= 0.3 is 56.2 Å². The molecule has 3 aliphatic rings. The van der Waals surface area contributed by atoms with Crippen LogP contribution in [0, 0.1) is 6.92 Å². The van der Waals surface area contributed by atoms with Crippen LogP contribution in [-0.2, 0) is 122 Å². The first kappa shape index (κ1) is 78.8. The third-order valence-electron chi connectivity index (χ3n) is 16.4. The summed E-state index contributed by atoms with van der Waals surface area (Å²) in [5.74, 6) is -1.57. The highest BCUT2D eigenvalue weighted by molar-refractivity contribution is 7.48. The van der Waals surface area contributed by atoms with Crippen molar-refractivity contribution in [3.05, 3.63) is 145 Å². The van der Waals surface area contributed by atoms with E-state index in [2.05, 4.69) is 44.9 Å². The number of aromatic amines is 4. The van der Waals surface area contributed by atoms with Crippen LogP contribution in [-0.4, -0.2) is 168 Å². The van der Waals surface area contributed by atoms with Gasteiger partial charge in [0.05, 0.1) is 61.9 Å². The third kappa shape index (κ3) is 18.0. The first-order valence-electron chi connectivity index (χ1n) is 31.0. The number of nitrogens with one attached hydrogen (secondary N) is 4. The summed E-state index contributed by atoms with van der Waals surface area (Å²) < 4.78 is 144. The number of fused-ring (bicyclic) bond motifs is 3. The average molecular weight is 1620 g/mol. The number of aliphatic hydroxyl groups excluding tert-OH is 2. The van der Waals surface area contributed by atoms with Gasteiger partial charge in [0.1, 0.15) is 111 Å². The fourth-order valence-corrected chi connectivity index (χ4v) is 15.0. The number of pyridine rings is 1. The molecule has 0 bridgehead atoms. The number of anilines is 4. The van der Waals surface area contributed by atoms with Gasteiger partial charge in [-0.2, -0.15) is 9.97 Å². The number of aliphatic hydroxyl groups is 2. The number of aryl methyl sites for hydroxylation is 1. The van der Waals surface area contributed by atoms with Crippen LogP contribution in [0.2, 0.25) is 0 Å². The normalized spacial score (nSPS) is 23.2. The van der Waals surface area contributed by atoms with Gasteiger partial charge in [-0.05, 0) is 13.0 Å². The lowest BCUT2D eigenvalue weighted by Gasteiger charge is -2.25. The van der Waals surface area contributed by atoms with E-state index < -0.39 is 235 Å². The molecule has 12 heterocycles. The number of aromatic nitrogens is 16. The Morgan fingerprint density at radius 3 is 1.81 bits per heavy atom. The van der Waals surface area contributed by atoms with E-state index in [1.54, 1.807) is 0 Å². The van der Waals surface area contributed by atoms with Crippen molar-refractivity contribution < 1.29 is 117 Å². The first-order chi connectivity index (χ1) is 50.9. The molecule has 3 saturated heterocycles. The zero-order chi connectivity index (χ0) is 77.7. The number of nitrogens with two attached hydrogens (primary N) is 4. The maximum Gasteiger partial charge on any atom is 0.474 e. The summed E-state index contributed by atoms with van der Waals surface area (Å²) in [5.41, 5.74) is 15.8. The number of H-pyrrole nitrogens is 4. The zero-order valence-corrected chi connectivity index (χ0v) is 59.5. The lowest BCUT2D eigenvalue weighted by molar-refractivity contribution is -0.0611. The van der Waals surface area contributed by atoms with Gasteiger partial charge in [-0.15, -0.1) is 0 Å². The van der Waals surface area contributed by atoms with Crippen LogP contribution in [0.4, 0.5) is 23.4 Å². The van der Waals surface area contributed by atoms with E-state index in [4.69, 9.17) is 82.4 Å². The van der Waals surface area contributed by atoms with Crippen LogP contribution < -0.4 is 62.2 Å². The molecule has 0 spiro atoms. The lowest BCUT2D eigenvalue weighted by atomic mass is 10.2. The van der Waals surface area contributed by atoms with Crippen LogP contribution in [0.3, 0.4) is 0 Å². The SMILES string of the molecule is Cc1cn(C2CC(OP(=O)(O)OCC3OC(n4cnc5c(=O)[nH]c(N)cc54)CC3O)C(COP(=O)(O)OC3CC(n4ccc5c(N)ncnc54)OC3COP(=O)(O)OCn3cc(COP(=O)(O)OCn4c(COP(=O)(O)OCn5cc(CO)c(=O)[nH]c5=O)nc5c(=O)[nH]c(N)nc54)c(N)nc3=O)O2)c(=O)[nH]c1=O. The summed E-state index contributed by atoms with van der Waals surface area (Å²) in [6.07, 6.45) is -7.20. The largest absolute Gasteiger partial charge is 0.474 e. The summed E-state index contributed by atoms with van der Waals surface area (Å²) in [5, 5.41) is 20.6. The van der Waals surface area contributed by atoms with Crippen molar-refractivity contribution in [3.8, 4) is 0 Å². The van der Waals surface area contributed by atoms with E-state index in [-0.39, 0.29) is 51.4 Å². The third-order valence-corrected chi connectivity index (χ3v) is 21.1. The summed E-state index contributed by atoms with van der Waals surface area (Å²) >= 11 is 0. The average Bonchev–Trinajstić information content (AvgIpc) is 1.63. The van der Waals surface area contributed by atoms with Gasteiger partial charge in [-0.1, -0.05) is 0 Å². The Morgan fingerprint density at radius 2 is 1.13 bits per heavy atom. The zero-order valence-electron chi connectivity index (χ0n) is 55.0. The molecule has 9 aromatic heterocycles. The highest BCUT2D eigenvalue weighted by atomic mass is 31.2. The Morgan fingerprint density at radius 1 is 0.556 bits per heavy atom. The van der Waals surface area contributed by atoms with Crippen LogP contribution >= 0.6 is 39.1 Å².